The maximum absolute atomic E-state index is 15.4. The molecule has 3 aliphatic heterocycles. The maximum Gasteiger partial charge on any atom is 0.303 e. The van der Waals surface area contributed by atoms with Crippen molar-refractivity contribution >= 4 is 17.8 Å². The van der Waals surface area contributed by atoms with Gasteiger partial charge in [0.25, 0.3) is 0 Å². The van der Waals surface area contributed by atoms with Gasteiger partial charge >= 0.3 is 5.97 Å². The summed E-state index contributed by atoms with van der Waals surface area (Å²) in [4.78, 5) is 43.0. The number of nitrogens with one attached hydrogen (secondary N) is 1. The molecule has 0 radical (unpaired) electrons. The number of hydrogen-bond acceptors (Lipinski definition) is 10. The van der Waals surface area contributed by atoms with Crippen molar-refractivity contribution in [2.45, 2.75) is 63.0 Å². The van der Waals surface area contributed by atoms with Gasteiger partial charge in [-0.25, -0.2) is 0 Å². The van der Waals surface area contributed by atoms with Crippen LogP contribution in [0.2, 0.25) is 0 Å². The fraction of sp³-hybridized carbons (Fsp3) is 0.432. The third-order valence-corrected chi connectivity index (χ3v) is 10.1. The highest BCUT2D eigenvalue weighted by Crippen LogP contribution is 2.70. The lowest BCUT2D eigenvalue weighted by Crippen LogP contribution is -2.57. The number of esters is 1. The van der Waals surface area contributed by atoms with E-state index in [1.54, 1.807) is 56.2 Å². The number of aliphatic hydroxyl groups is 1. The number of nitrogens with zero attached hydrogens (tertiary/aromatic N) is 1. The zero-order valence-corrected chi connectivity index (χ0v) is 28.1. The summed E-state index contributed by atoms with van der Waals surface area (Å²) in [5.74, 6) is -2.43. The van der Waals surface area contributed by atoms with Gasteiger partial charge in [0.2, 0.25) is 24.4 Å². The third kappa shape index (κ3) is 4.86. The van der Waals surface area contributed by atoms with Gasteiger partial charge in [-0.15, -0.1) is 0 Å². The Bertz CT molecular complexity index is 1780. The van der Waals surface area contributed by atoms with Crippen molar-refractivity contribution < 1.29 is 47.9 Å². The number of amides is 2. The molecule has 2 bridgehead atoms. The van der Waals surface area contributed by atoms with Gasteiger partial charge in [0.05, 0.1) is 25.7 Å². The quantitative estimate of drug-likeness (QED) is 0.338. The first-order chi connectivity index (χ1) is 23.6. The summed E-state index contributed by atoms with van der Waals surface area (Å²) < 4.78 is 36.2. The summed E-state index contributed by atoms with van der Waals surface area (Å²) >= 11 is 0. The molecule has 1 saturated carbocycles. The average molecular weight is 673 g/mol. The molecule has 6 atom stereocenters. The minimum absolute atomic E-state index is 0.0932. The molecule has 7 rings (SSSR count). The van der Waals surface area contributed by atoms with Gasteiger partial charge in [-0.3, -0.25) is 14.4 Å². The third-order valence-electron chi connectivity index (χ3n) is 10.1. The SMILES string of the molecule is COc1ccc([C@]23Oc4cc5c(c(OC)c4[C@](O)([C@@H](C(=O)N4CCC[C@@H]4NC(=O)C(C)C)[C@H]2c2ccccc2)[C@@H]3OC(C)=O)OCO5)cc1. The molecule has 12 nitrogen and oxygen atoms in total. The zero-order chi connectivity index (χ0) is 34.7. The molecule has 2 amide bonds. The van der Waals surface area contributed by atoms with Crippen molar-refractivity contribution in [3.05, 3.63) is 77.4 Å². The Labute approximate surface area is 284 Å². The van der Waals surface area contributed by atoms with Gasteiger partial charge < -0.3 is 43.7 Å². The van der Waals surface area contributed by atoms with Crippen molar-refractivity contribution in [2.24, 2.45) is 11.8 Å². The Balaban J connectivity index is 1.54. The van der Waals surface area contributed by atoms with Gasteiger partial charge in [-0.2, -0.15) is 0 Å². The van der Waals surface area contributed by atoms with Crippen LogP contribution in [0.25, 0.3) is 0 Å². The Morgan fingerprint density at radius 1 is 1.00 bits per heavy atom. The van der Waals surface area contributed by atoms with E-state index in [0.717, 1.165) is 0 Å². The summed E-state index contributed by atoms with van der Waals surface area (Å²) in [7, 11) is 2.98. The zero-order valence-electron chi connectivity index (χ0n) is 28.1. The van der Waals surface area contributed by atoms with Crippen molar-refractivity contribution in [3.63, 3.8) is 0 Å². The van der Waals surface area contributed by atoms with Crippen molar-refractivity contribution in [2.75, 3.05) is 27.6 Å². The topological polar surface area (TPSA) is 142 Å². The van der Waals surface area contributed by atoms with Crippen LogP contribution in [-0.4, -0.2) is 67.6 Å². The molecule has 0 spiro atoms. The highest BCUT2D eigenvalue weighted by atomic mass is 16.7. The van der Waals surface area contributed by atoms with E-state index < -0.39 is 47.2 Å². The number of benzene rings is 3. The van der Waals surface area contributed by atoms with Crippen LogP contribution in [0.5, 0.6) is 28.7 Å². The number of methoxy groups -OCH3 is 2. The number of fused-ring (bicyclic) bond motifs is 5. The molecule has 3 aromatic carbocycles. The predicted octanol–water partition coefficient (Wildman–Crippen LogP) is 3.97. The van der Waals surface area contributed by atoms with Crippen LogP contribution in [0.3, 0.4) is 0 Å². The lowest BCUT2D eigenvalue weighted by Gasteiger charge is -2.46. The summed E-state index contributed by atoms with van der Waals surface area (Å²) in [5.41, 5.74) is -2.59. The van der Waals surface area contributed by atoms with E-state index in [1.165, 1.54) is 14.0 Å². The Hall–Kier alpha value is -4.97. The molecule has 0 unspecified atom stereocenters. The summed E-state index contributed by atoms with van der Waals surface area (Å²) in [5, 5.41) is 16.7. The second-order valence-electron chi connectivity index (χ2n) is 13.2. The Kier molecular flexibility index (Phi) is 8.09. The number of carbonyl (C=O) groups excluding carboxylic acids is 3. The fourth-order valence-electron chi connectivity index (χ4n) is 8.09. The summed E-state index contributed by atoms with van der Waals surface area (Å²) in [6, 6.07) is 18.0. The van der Waals surface area contributed by atoms with Gasteiger partial charge in [0.1, 0.15) is 17.7 Å². The lowest BCUT2D eigenvalue weighted by molar-refractivity contribution is -0.196. The predicted molar refractivity (Wildman–Crippen MR) is 174 cm³/mol. The van der Waals surface area contributed by atoms with Crippen LogP contribution in [0.15, 0.2) is 60.7 Å². The Morgan fingerprint density at radius 3 is 2.39 bits per heavy atom. The van der Waals surface area contributed by atoms with Crippen molar-refractivity contribution in [1.29, 1.82) is 0 Å². The number of rotatable bonds is 8. The van der Waals surface area contributed by atoms with Gasteiger partial charge in [0.15, 0.2) is 28.8 Å². The van der Waals surface area contributed by atoms with Gasteiger partial charge in [0, 0.05) is 36.9 Å². The number of hydrogen-bond donors (Lipinski definition) is 2. The van der Waals surface area contributed by atoms with Gasteiger partial charge in [-0.05, 0) is 30.5 Å². The second-order valence-corrected chi connectivity index (χ2v) is 13.2. The first-order valence-electron chi connectivity index (χ1n) is 16.5. The van der Waals surface area contributed by atoms with Crippen LogP contribution >= 0.6 is 0 Å². The Morgan fingerprint density at radius 2 is 1.73 bits per heavy atom. The smallest absolute Gasteiger partial charge is 0.303 e. The fourth-order valence-corrected chi connectivity index (χ4v) is 8.09. The molecule has 0 aromatic heterocycles. The molecule has 2 fully saturated rings. The van der Waals surface area contributed by atoms with Crippen LogP contribution in [0.4, 0.5) is 0 Å². The van der Waals surface area contributed by atoms with E-state index in [1.807, 2.05) is 30.3 Å². The van der Waals surface area contributed by atoms with Crippen molar-refractivity contribution in [3.8, 4) is 28.7 Å². The first kappa shape index (κ1) is 32.6. The van der Waals surface area contributed by atoms with Gasteiger partial charge in [-0.1, -0.05) is 56.3 Å². The van der Waals surface area contributed by atoms with Crippen LogP contribution in [0.1, 0.15) is 56.2 Å². The molecular weight excluding hydrogens is 632 g/mol. The molecule has 3 heterocycles. The van der Waals surface area contributed by atoms with E-state index in [4.69, 9.17) is 28.4 Å². The molecule has 1 aliphatic carbocycles. The molecule has 258 valence electrons. The van der Waals surface area contributed by atoms with E-state index in [0.29, 0.717) is 42.0 Å². The van der Waals surface area contributed by atoms with Crippen LogP contribution in [-0.2, 0) is 30.3 Å². The van der Waals surface area contributed by atoms with Crippen LogP contribution in [0, 0.1) is 11.8 Å². The highest BCUT2D eigenvalue weighted by Gasteiger charge is 2.78. The van der Waals surface area contributed by atoms with E-state index in [9.17, 15) is 14.7 Å². The van der Waals surface area contributed by atoms with Crippen molar-refractivity contribution in [1.82, 2.24) is 10.2 Å². The van der Waals surface area contributed by atoms with Crippen LogP contribution < -0.4 is 29.0 Å². The average Bonchev–Trinajstić information content (AvgIpc) is 3.80. The number of likely N-dealkylation sites (tertiary alicyclic amines) is 1. The monoisotopic (exact) mass is 672 g/mol. The molecule has 12 heteroatoms. The minimum atomic E-state index is -2.24. The molecule has 4 aliphatic rings. The van der Waals surface area contributed by atoms with E-state index in [-0.39, 0.29) is 41.4 Å². The molecule has 3 aromatic rings. The molecular formula is C37H40N2O10. The standard InChI is InChI=1S/C37H40N2O10/c1-20(2)33(41)38-27-12-9-17-39(27)34(42)30-28(22-10-7-6-8-11-22)37(23-13-15-24(44-4)16-14-23)35(48-21(3)40)36(30,43)29-25(49-37)18-26-31(32(29)45-5)47-19-46-26/h6-8,10-11,13-16,18,20,27-28,30,35,43H,9,12,17,19H2,1-5H3,(H,38,41)/t27-,28-,30-,35+,36+,37+/m1/s1. The largest absolute Gasteiger partial charge is 0.497 e. The summed E-state index contributed by atoms with van der Waals surface area (Å²) in [6.07, 6.45) is -0.886. The molecule has 1 saturated heterocycles. The second kappa shape index (κ2) is 12.2. The minimum Gasteiger partial charge on any atom is -0.497 e. The first-order valence-corrected chi connectivity index (χ1v) is 16.5. The molecule has 2 N–H and O–H groups in total. The molecule has 49 heavy (non-hydrogen) atoms. The van der Waals surface area contributed by atoms with E-state index in [2.05, 4.69) is 5.32 Å². The normalized spacial score (nSPS) is 27.7. The van der Waals surface area contributed by atoms with E-state index >= 15 is 4.79 Å². The lowest BCUT2D eigenvalue weighted by atomic mass is 9.75. The highest BCUT2D eigenvalue weighted by molar-refractivity contribution is 5.87. The summed E-state index contributed by atoms with van der Waals surface area (Å²) in [6.45, 7) is 5.08. The number of carbonyl (C=O) groups is 3. The number of ether oxygens (including phenoxy) is 6. The maximum atomic E-state index is 15.4.